The summed E-state index contributed by atoms with van der Waals surface area (Å²) in [5, 5.41) is 15.4. The Balaban J connectivity index is 2.05. The van der Waals surface area contributed by atoms with Crippen LogP contribution in [0.25, 0.3) is 0 Å². The minimum Gasteiger partial charge on any atom is -0.409 e. The van der Waals surface area contributed by atoms with Crippen molar-refractivity contribution in [2.45, 2.75) is 20.0 Å². The van der Waals surface area contributed by atoms with Crippen LogP contribution in [0.2, 0.25) is 5.02 Å². The van der Waals surface area contributed by atoms with Gasteiger partial charge in [-0.15, -0.1) is 11.3 Å². The molecule has 0 amide bonds. The van der Waals surface area contributed by atoms with E-state index in [1.165, 1.54) is 0 Å². The van der Waals surface area contributed by atoms with E-state index in [0.717, 1.165) is 22.8 Å². The first-order chi connectivity index (χ1) is 9.99. The highest BCUT2D eigenvalue weighted by Crippen LogP contribution is 2.20. The number of hydrogen-bond donors (Lipinski definition) is 2. The molecule has 112 valence electrons. The molecule has 1 heterocycles. The van der Waals surface area contributed by atoms with Crippen LogP contribution < -0.4 is 5.73 Å². The highest BCUT2D eigenvalue weighted by molar-refractivity contribution is 7.09. The van der Waals surface area contributed by atoms with Gasteiger partial charge in [0.25, 0.3) is 0 Å². The topological polar surface area (TPSA) is 74.7 Å². The first kappa shape index (κ1) is 15.8. The Kier molecular flexibility index (Phi) is 5.17. The van der Waals surface area contributed by atoms with Crippen molar-refractivity contribution >= 4 is 28.8 Å². The highest BCUT2D eigenvalue weighted by atomic mass is 35.5. The summed E-state index contributed by atoms with van der Waals surface area (Å²) >= 11 is 7.90. The molecule has 21 heavy (non-hydrogen) atoms. The maximum Gasteiger partial charge on any atom is 0.170 e. The molecule has 3 N–H and O–H groups in total. The predicted molar refractivity (Wildman–Crippen MR) is 86.0 cm³/mol. The van der Waals surface area contributed by atoms with E-state index in [9.17, 15) is 0 Å². The van der Waals surface area contributed by atoms with Crippen molar-refractivity contribution in [1.82, 2.24) is 9.88 Å². The minimum absolute atomic E-state index is 0.0507. The Morgan fingerprint density at radius 1 is 1.48 bits per heavy atom. The third-order valence-electron chi connectivity index (χ3n) is 3.00. The second-order valence-corrected chi connectivity index (χ2v) is 6.29. The van der Waals surface area contributed by atoms with E-state index < -0.39 is 0 Å². The Morgan fingerprint density at radius 2 is 2.24 bits per heavy atom. The third-order valence-corrected chi connectivity index (χ3v) is 4.17. The van der Waals surface area contributed by atoms with E-state index in [1.807, 2.05) is 20.0 Å². The average molecular weight is 325 g/mol. The molecule has 0 atom stereocenters. The Bertz CT molecular complexity index is 656. The molecule has 0 aliphatic rings. The quantitative estimate of drug-likeness (QED) is 0.384. The lowest BCUT2D eigenvalue weighted by Crippen LogP contribution is -2.18. The fourth-order valence-corrected chi connectivity index (χ4v) is 2.84. The van der Waals surface area contributed by atoms with Gasteiger partial charge in [0.15, 0.2) is 5.84 Å². The molecular formula is C14H17ClN4OS. The molecule has 2 rings (SSSR count). The molecular weight excluding hydrogens is 308 g/mol. The molecule has 0 fully saturated rings. The third kappa shape index (κ3) is 4.17. The van der Waals surface area contributed by atoms with Gasteiger partial charge in [-0.2, -0.15) is 0 Å². The zero-order valence-electron chi connectivity index (χ0n) is 11.9. The molecule has 0 bridgehead atoms. The molecule has 0 aliphatic heterocycles. The Morgan fingerprint density at radius 3 is 2.81 bits per heavy atom. The highest BCUT2D eigenvalue weighted by Gasteiger charge is 2.09. The van der Waals surface area contributed by atoms with Crippen LogP contribution in [-0.2, 0) is 13.1 Å². The van der Waals surface area contributed by atoms with Gasteiger partial charge in [-0.1, -0.05) is 28.9 Å². The lowest BCUT2D eigenvalue weighted by Gasteiger charge is -2.16. The van der Waals surface area contributed by atoms with E-state index >= 15 is 0 Å². The number of nitrogens with two attached hydrogens (primary N) is 1. The van der Waals surface area contributed by atoms with Gasteiger partial charge >= 0.3 is 0 Å². The Hall–Kier alpha value is -1.63. The first-order valence-corrected chi connectivity index (χ1v) is 7.61. The van der Waals surface area contributed by atoms with Crippen LogP contribution in [0.4, 0.5) is 0 Å². The summed E-state index contributed by atoms with van der Waals surface area (Å²) in [6.07, 6.45) is 0. The fourth-order valence-electron chi connectivity index (χ4n) is 2.00. The van der Waals surface area contributed by atoms with Gasteiger partial charge in [0.05, 0.1) is 10.7 Å². The van der Waals surface area contributed by atoms with Crippen molar-refractivity contribution in [2.75, 3.05) is 7.05 Å². The van der Waals surface area contributed by atoms with Crippen molar-refractivity contribution in [2.24, 2.45) is 10.9 Å². The van der Waals surface area contributed by atoms with Crippen LogP contribution in [0.1, 0.15) is 21.8 Å². The molecule has 0 radical (unpaired) electrons. The average Bonchev–Trinajstić information content (AvgIpc) is 2.85. The van der Waals surface area contributed by atoms with Crippen molar-refractivity contribution in [3.8, 4) is 0 Å². The number of aryl methyl sites for hydroxylation is 1. The number of amidine groups is 1. The number of aromatic nitrogens is 1. The van der Waals surface area contributed by atoms with Gasteiger partial charge in [-0.3, -0.25) is 4.90 Å². The molecule has 2 aromatic rings. The number of thiazole rings is 1. The molecule has 7 heteroatoms. The van der Waals surface area contributed by atoms with E-state index in [2.05, 4.69) is 20.4 Å². The molecule has 0 saturated carbocycles. The molecule has 1 aromatic carbocycles. The van der Waals surface area contributed by atoms with Gasteiger partial charge in [-0.05, 0) is 25.6 Å². The smallest absolute Gasteiger partial charge is 0.170 e. The van der Waals surface area contributed by atoms with Gasteiger partial charge < -0.3 is 10.9 Å². The van der Waals surface area contributed by atoms with Crippen LogP contribution in [0.5, 0.6) is 0 Å². The Labute approximate surface area is 132 Å². The molecule has 0 unspecified atom stereocenters. The monoisotopic (exact) mass is 324 g/mol. The van der Waals surface area contributed by atoms with Gasteiger partial charge in [0.2, 0.25) is 0 Å². The summed E-state index contributed by atoms with van der Waals surface area (Å²) in [6.45, 7) is 3.46. The van der Waals surface area contributed by atoms with Crippen LogP contribution in [0, 0.1) is 6.92 Å². The van der Waals surface area contributed by atoms with Crippen molar-refractivity contribution in [3.63, 3.8) is 0 Å². The first-order valence-electron chi connectivity index (χ1n) is 6.35. The number of hydrogen-bond acceptors (Lipinski definition) is 5. The zero-order valence-corrected chi connectivity index (χ0v) is 13.4. The maximum absolute atomic E-state index is 8.67. The number of nitrogens with zero attached hydrogens (tertiary/aromatic N) is 3. The van der Waals surface area contributed by atoms with Gasteiger partial charge in [-0.25, -0.2) is 4.98 Å². The van der Waals surface area contributed by atoms with E-state index in [4.69, 9.17) is 22.5 Å². The number of benzene rings is 1. The molecule has 1 aromatic heterocycles. The van der Waals surface area contributed by atoms with Crippen LogP contribution in [0.3, 0.4) is 0 Å². The standard InChI is InChI=1S/C14H17ClN4OS/c1-9-17-12(8-21-9)7-19(2)6-11-4-3-10(5-13(11)15)14(16)18-20/h3-5,8,20H,6-7H2,1-2H3,(H2,16,18). The lowest BCUT2D eigenvalue weighted by atomic mass is 10.1. The molecule has 0 aliphatic carbocycles. The lowest BCUT2D eigenvalue weighted by molar-refractivity contribution is 0.315. The summed E-state index contributed by atoms with van der Waals surface area (Å²) in [5.41, 5.74) is 8.19. The van der Waals surface area contributed by atoms with Crippen molar-refractivity contribution < 1.29 is 5.21 Å². The van der Waals surface area contributed by atoms with Crippen molar-refractivity contribution in [1.29, 1.82) is 0 Å². The largest absolute Gasteiger partial charge is 0.409 e. The van der Waals surface area contributed by atoms with Gasteiger partial charge in [0.1, 0.15) is 0 Å². The van der Waals surface area contributed by atoms with E-state index in [0.29, 0.717) is 17.1 Å². The van der Waals surface area contributed by atoms with E-state index in [1.54, 1.807) is 23.5 Å². The number of rotatable bonds is 5. The van der Waals surface area contributed by atoms with Crippen LogP contribution in [-0.4, -0.2) is 28.0 Å². The maximum atomic E-state index is 8.67. The SMILES string of the molecule is Cc1nc(CN(C)Cc2ccc(/C(N)=N/O)cc2Cl)cs1. The van der Waals surface area contributed by atoms with Crippen LogP contribution in [0.15, 0.2) is 28.7 Å². The fraction of sp³-hybridized carbons (Fsp3) is 0.286. The minimum atomic E-state index is 0.0507. The second kappa shape index (κ2) is 6.89. The van der Waals surface area contributed by atoms with E-state index in [-0.39, 0.29) is 5.84 Å². The van der Waals surface area contributed by atoms with Gasteiger partial charge in [0, 0.05) is 29.1 Å². The molecule has 0 saturated heterocycles. The molecule has 0 spiro atoms. The van der Waals surface area contributed by atoms with Crippen LogP contribution >= 0.6 is 22.9 Å². The number of oxime groups is 1. The summed E-state index contributed by atoms with van der Waals surface area (Å²) in [4.78, 5) is 6.58. The second-order valence-electron chi connectivity index (χ2n) is 4.82. The summed E-state index contributed by atoms with van der Waals surface area (Å²) in [6, 6.07) is 5.38. The summed E-state index contributed by atoms with van der Waals surface area (Å²) < 4.78 is 0. The predicted octanol–water partition coefficient (Wildman–Crippen LogP) is 2.83. The molecule has 5 nitrogen and oxygen atoms in total. The summed E-state index contributed by atoms with van der Waals surface area (Å²) in [5.74, 6) is 0.0507. The zero-order chi connectivity index (χ0) is 15.4. The van der Waals surface area contributed by atoms with Crippen molar-refractivity contribution in [3.05, 3.63) is 50.4 Å². The normalized spacial score (nSPS) is 12.1. The summed E-state index contributed by atoms with van der Waals surface area (Å²) in [7, 11) is 2.02. The number of halogens is 1.